The molecule has 1 aromatic heterocycles. The van der Waals surface area contributed by atoms with Gasteiger partial charge in [-0.25, -0.2) is 9.78 Å². The summed E-state index contributed by atoms with van der Waals surface area (Å²) in [4.78, 5) is 27.5. The number of amides is 1. The second-order valence-corrected chi connectivity index (χ2v) is 5.84. The minimum Gasteiger partial charge on any atom is -0.480 e. The summed E-state index contributed by atoms with van der Waals surface area (Å²) in [5.41, 5.74) is 0.303. The van der Waals surface area contributed by atoms with Crippen LogP contribution in [0.3, 0.4) is 0 Å². The molecule has 1 unspecified atom stereocenters. The summed E-state index contributed by atoms with van der Waals surface area (Å²) in [7, 11) is 0. The van der Waals surface area contributed by atoms with Crippen LogP contribution in [-0.2, 0) is 4.79 Å². The van der Waals surface area contributed by atoms with Crippen molar-refractivity contribution in [3.05, 3.63) is 54.2 Å². The molecule has 1 aliphatic carbocycles. The maximum atomic E-state index is 12.2. The van der Waals surface area contributed by atoms with Crippen LogP contribution in [-0.4, -0.2) is 28.0 Å². The Labute approximate surface area is 139 Å². The predicted molar refractivity (Wildman–Crippen MR) is 87.0 cm³/mol. The fourth-order valence-electron chi connectivity index (χ4n) is 2.33. The molecule has 0 spiro atoms. The molecular formula is C18H18N2O4. The predicted octanol–water partition coefficient (Wildman–Crippen LogP) is 2.86. The third-order valence-corrected chi connectivity index (χ3v) is 3.83. The summed E-state index contributed by atoms with van der Waals surface area (Å²) >= 11 is 0. The highest BCUT2D eigenvalue weighted by atomic mass is 16.5. The Morgan fingerprint density at radius 2 is 1.96 bits per heavy atom. The molecule has 24 heavy (non-hydrogen) atoms. The molecule has 3 rings (SSSR count). The number of carbonyl (C=O) groups is 2. The first kappa shape index (κ1) is 16.0. The van der Waals surface area contributed by atoms with Gasteiger partial charge in [0.1, 0.15) is 11.8 Å². The van der Waals surface area contributed by atoms with Crippen molar-refractivity contribution < 1.29 is 19.4 Å². The van der Waals surface area contributed by atoms with Crippen molar-refractivity contribution in [1.29, 1.82) is 0 Å². The van der Waals surface area contributed by atoms with E-state index >= 15 is 0 Å². The molecular weight excluding hydrogens is 308 g/mol. The lowest BCUT2D eigenvalue weighted by molar-refractivity contribution is -0.139. The summed E-state index contributed by atoms with van der Waals surface area (Å²) in [5.74, 6) is -0.0247. The van der Waals surface area contributed by atoms with Gasteiger partial charge in [-0.05, 0) is 30.5 Å². The Morgan fingerprint density at radius 1 is 1.21 bits per heavy atom. The highest BCUT2D eigenvalue weighted by Crippen LogP contribution is 2.33. The van der Waals surface area contributed by atoms with Crippen molar-refractivity contribution in [3.63, 3.8) is 0 Å². The van der Waals surface area contributed by atoms with Crippen LogP contribution in [0.5, 0.6) is 11.6 Å². The first-order valence-corrected chi connectivity index (χ1v) is 7.84. The molecule has 124 valence electrons. The highest BCUT2D eigenvalue weighted by molar-refractivity contribution is 5.96. The molecule has 2 aromatic rings. The lowest BCUT2D eigenvalue weighted by atomic mass is 10.1. The van der Waals surface area contributed by atoms with Crippen LogP contribution >= 0.6 is 0 Å². The normalized spacial score (nSPS) is 14.7. The van der Waals surface area contributed by atoms with E-state index in [4.69, 9.17) is 4.74 Å². The van der Waals surface area contributed by atoms with E-state index in [1.165, 1.54) is 6.20 Å². The van der Waals surface area contributed by atoms with Crippen molar-refractivity contribution in [2.45, 2.75) is 25.3 Å². The van der Waals surface area contributed by atoms with Crippen molar-refractivity contribution >= 4 is 11.9 Å². The summed E-state index contributed by atoms with van der Waals surface area (Å²) in [5, 5.41) is 11.8. The molecule has 0 saturated heterocycles. The lowest BCUT2D eigenvalue weighted by Gasteiger charge is -2.14. The number of para-hydroxylation sites is 1. The van der Waals surface area contributed by atoms with Gasteiger partial charge in [0, 0.05) is 12.3 Å². The van der Waals surface area contributed by atoms with E-state index < -0.39 is 17.9 Å². The standard InChI is InChI=1S/C18H18N2O4/c21-17(20-15(18(22)23)10-12-6-7-12)13-8-9-16(19-11-13)24-14-4-2-1-3-5-14/h1-5,8-9,11-12,15H,6-7,10H2,(H,20,21)(H,22,23). The van der Waals surface area contributed by atoms with E-state index in [9.17, 15) is 14.7 Å². The number of carbonyl (C=O) groups excluding carboxylic acids is 1. The SMILES string of the molecule is O=C(NC(CC1CC1)C(=O)O)c1ccc(Oc2ccccc2)nc1. The van der Waals surface area contributed by atoms with Gasteiger partial charge in [-0.3, -0.25) is 4.79 Å². The molecule has 6 nitrogen and oxygen atoms in total. The maximum absolute atomic E-state index is 12.2. The number of pyridine rings is 1. The first-order chi connectivity index (χ1) is 11.6. The number of aromatic nitrogens is 1. The Bertz CT molecular complexity index is 712. The van der Waals surface area contributed by atoms with E-state index in [0.29, 0.717) is 29.5 Å². The molecule has 1 heterocycles. The third-order valence-electron chi connectivity index (χ3n) is 3.83. The number of rotatable bonds is 7. The first-order valence-electron chi connectivity index (χ1n) is 7.84. The van der Waals surface area contributed by atoms with Crippen LogP contribution in [0.4, 0.5) is 0 Å². The number of nitrogens with zero attached hydrogens (tertiary/aromatic N) is 1. The fraction of sp³-hybridized carbons (Fsp3) is 0.278. The summed E-state index contributed by atoms with van der Waals surface area (Å²) in [6.45, 7) is 0. The van der Waals surface area contributed by atoms with Crippen molar-refractivity contribution in [1.82, 2.24) is 10.3 Å². The van der Waals surface area contributed by atoms with Crippen LogP contribution in [0, 0.1) is 5.92 Å². The number of hydrogen-bond donors (Lipinski definition) is 2. The van der Waals surface area contributed by atoms with Crippen LogP contribution in [0.1, 0.15) is 29.6 Å². The molecule has 0 aliphatic heterocycles. The molecule has 1 fully saturated rings. The molecule has 1 aliphatic rings. The van der Waals surface area contributed by atoms with E-state index in [-0.39, 0.29) is 0 Å². The van der Waals surface area contributed by atoms with Gasteiger partial charge in [0.15, 0.2) is 0 Å². The van der Waals surface area contributed by atoms with Crippen LogP contribution < -0.4 is 10.1 Å². The monoisotopic (exact) mass is 326 g/mol. The topological polar surface area (TPSA) is 88.5 Å². The zero-order valence-electron chi connectivity index (χ0n) is 13.0. The second-order valence-electron chi connectivity index (χ2n) is 5.84. The van der Waals surface area contributed by atoms with E-state index in [0.717, 1.165) is 12.8 Å². The average molecular weight is 326 g/mol. The molecule has 1 amide bonds. The number of benzene rings is 1. The Kier molecular flexibility index (Phi) is 4.74. The Hall–Kier alpha value is -2.89. The molecule has 2 N–H and O–H groups in total. The van der Waals surface area contributed by atoms with Gasteiger partial charge in [0.2, 0.25) is 5.88 Å². The summed E-state index contributed by atoms with van der Waals surface area (Å²) < 4.78 is 5.56. The van der Waals surface area contributed by atoms with Gasteiger partial charge >= 0.3 is 5.97 Å². The van der Waals surface area contributed by atoms with Crippen LogP contribution in [0.2, 0.25) is 0 Å². The largest absolute Gasteiger partial charge is 0.480 e. The number of carboxylic acid groups (broad SMARTS) is 1. The van der Waals surface area contributed by atoms with Gasteiger partial charge < -0.3 is 15.2 Å². The summed E-state index contributed by atoms with van der Waals surface area (Å²) in [6.07, 6.45) is 3.92. The summed E-state index contributed by atoms with van der Waals surface area (Å²) in [6, 6.07) is 11.5. The third kappa shape index (κ3) is 4.32. The van der Waals surface area contributed by atoms with E-state index in [2.05, 4.69) is 10.3 Å². The molecule has 1 atom stereocenters. The van der Waals surface area contributed by atoms with E-state index in [1.54, 1.807) is 24.3 Å². The molecule has 0 radical (unpaired) electrons. The van der Waals surface area contributed by atoms with Gasteiger partial charge in [0.05, 0.1) is 5.56 Å². The number of nitrogens with one attached hydrogen (secondary N) is 1. The van der Waals surface area contributed by atoms with Gasteiger partial charge in [-0.15, -0.1) is 0 Å². The molecule has 1 aromatic carbocycles. The van der Waals surface area contributed by atoms with Gasteiger partial charge in [-0.1, -0.05) is 31.0 Å². The number of carboxylic acids is 1. The molecule has 6 heteroatoms. The van der Waals surface area contributed by atoms with E-state index in [1.807, 2.05) is 18.2 Å². The highest BCUT2D eigenvalue weighted by Gasteiger charge is 2.30. The number of aliphatic carboxylic acids is 1. The minimum atomic E-state index is -1.01. The lowest BCUT2D eigenvalue weighted by Crippen LogP contribution is -2.41. The maximum Gasteiger partial charge on any atom is 0.326 e. The minimum absolute atomic E-state index is 0.303. The van der Waals surface area contributed by atoms with Gasteiger partial charge in [0.25, 0.3) is 5.91 Å². The quantitative estimate of drug-likeness (QED) is 0.817. The Morgan fingerprint density at radius 3 is 2.54 bits per heavy atom. The molecule has 0 bridgehead atoms. The van der Waals surface area contributed by atoms with Crippen molar-refractivity contribution in [2.24, 2.45) is 5.92 Å². The van der Waals surface area contributed by atoms with Crippen LogP contribution in [0.15, 0.2) is 48.7 Å². The van der Waals surface area contributed by atoms with Crippen molar-refractivity contribution in [3.8, 4) is 11.6 Å². The Balaban J connectivity index is 1.61. The average Bonchev–Trinajstić information content (AvgIpc) is 3.40. The zero-order chi connectivity index (χ0) is 16.9. The number of hydrogen-bond acceptors (Lipinski definition) is 4. The molecule has 1 saturated carbocycles. The second kappa shape index (κ2) is 7.12. The van der Waals surface area contributed by atoms with Crippen molar-refractivity contribution in [2.75, 3.05) is 0 Å². The number of ether oxygens (including phenoxy) is 1. The fourth-order valence-corrected chi connectivity index (χ4v) is 2.33. The zero-order valence-corrected chi connectivity index (χ0v) is 13.0. The smallest absolute Gasteiger partial charge is 0.326 e. The van der Waals surface area contributed by atoms with Crippen LogP contribution in [0.25, 0.3) is 0 Å². The van der Waals surface area contributed by atoms with Gasteiger partial charge in [-0.2, -0.15) is 0 Å².